The van der Waals surface area contributed by atoms with Crippen LogP contribution in [-0.4, -0.2) is 0 Å². The first-order valence-electron chi connectivity index (χ1n) is 11.6. The van der Waals surface area contributed by atoms with Crippen molar-refractivity contribution in [2.24, 2.45) is 0 Å². The third kappa shape index (κ3) is 2.79. The third-order valence-corrected chi connectivity index (χ3v) is 7.30. The second kappa shape index (κ2) is 7.20. The first-order valence-corrected chi connectivity index (χ1v) is 11.6. The highest BCUT2D eigenvalue weighted by molar-refractivity contribution is 6.10. The second-order valence-corrected chi connectivity index (χ2v) is 9.01. The Morgan fingerprint density at radius 3 is 1.33 bits per heavy atom. The van der Waals surface area contributed by atoms with Crippen LogP contribution in [0.1, 0.15) is 23.0 Å². The minimum atomic E-state index is 0.270. The van der Waals surface area contributed by atoms with Gasteiger partial charge < -0.3 is 0 Å². The van der Waals surface area contributed by atoms with E-state index in [1.54, 1.807) is 0 Å². The maximum absolute atomic E-state index is 3.47. The highest BCUT2D eigenvalue weighted by Crippen LogP contribution is 2.44. The van der Waals surface area contributed by atoms with Crippen molar-refractivity contribution in [3.8, 4) is 0 Å². The van der Waals surface area contributed by atoms with Crippen LogP contribution in [0, 0.1) is 0 Å². The zero-order chi connectivity index (χ0) is 21.8. The summed E-state index contributed by atoms with van der Waals surface area (Å²) >= 11 is 0. The molecule has 0 bridgehead atoms. The largest absolute Gasteiger partial charge is 0.128 e. The van der Waals surface area contributed by atoms with Crippen LogP contribution >= 0.6 is 0 Å². The fourth-order valence-corrected chi connectivity index (χ4v) is 5.75. The molecule has 0 saturated heterocycles. The molecule has 0 fully saturated rings. The predicted octanol–water partition coefficient (Wildman–Crippen LogP) is 8.89. The van der Waals surface area contributed by atoms with Gasteiger partial charge >= 0.3 is 0 Å². The van der Waals surface area contributed by atoms with Crippen LogP contribution in [0.5, 0.6) is 0 Å². The highest BCUT2D eigenvalue weighted by Gasteiger charge is 2.26. The molecule has 0 amide bonds. The summed E-state index contributed by atoms with van der Waals surface area (Å²) in [6.45, 7) is 0. The van der Waals surface area contributed by atoms with E-state index in [0.717, 1.165) is 0 Å². The summed E-state index contributed by atoms with van der Waals surface area (Å²) in [5.74, 6) is 0.541. The molecule has 0 aliphatic heterocycles. The predicted molar refractivity (Wildman–Crippen MR) is 141 cm³/mol. The molecule has 7 rings (SSSR count). The molecular weight excluding hydrogens is 396 g/mol. The summed E-state index contributed by atoms with van der Waals surface area (Å²) in [4.78, 5) is 0. The normalized spacial score (nSPS) is 17.6. The SMILES string of the molecule is C1=CC(c2cccc3c2ccc2ccccc23)C(c2cccc3c2ccc2ccccc23)C=1. The zero-order valence-corrected chi connectivity index (χ0v) is 18.2. The Morgan fingerprint density at radius 1 is 0.364 bits per heavy atom. The van der Waals surface area contributed by atoms with Gasteiger partial charge in [-0.25, -0.2) is 0 Å². The van der Waals surface area contributed by atoms with E-state index in [9.17, 15) is 0 Å². The molecule has 0 aromatic heterocycles. The molecule has 0 spiro atoms. The van der Waals surface area contributed by atoms with Crippen molar-refractivity contribution < 1.29 is 0 Å². The minimum Gasteiger partial charge on any atom is -0.128 e. The molecule has 1 aliphatic rings. The Morgan fingerprint density at radius 2 is 0.818 bits per heavy atom. The summed E-state index contributed by atoms with van der Waals surface area (Å²) in [7, 11) is 0. The Balaban J connectivity index is 1.43. The third-order valence-electron chi connectivity index (χ3n) is 7.30. The molecule has 0 radical (unpaired) electrons. The van der Waals surface area contributed by atoms with E-state index in [1.165, 1.54) is 54.2 Å². The van der Waals surface area contributed by atoms with Crippen molar-refractivity contribution in [2.45, 2.75) is 11.8 Å². The van der Waals surface area contributed by atoms with Gasteiger partial charge in [-0.2, -0.15) is 0 Å². The monoisotopic (exact) mass is 418 g/mol. The van der Waals surface area contributed by atoms with E-state index in [1.807, 2.05) is 0 Å². The van der Waals surface area contributed by atoms with Crippen LogP contribution < -0.4 is 0 Å². The average molecular weight is 419 g/mol. The van der Waals surface area contributed by atoms with Crippen molar-refractivity contribution in [3.63, 3.8) is 0 Å². The van der Waals surface area contributed by atoms with Crippen molar-refractivity contribution in [1.82, 2.24) is 0 Å². The lowest BCUT2D eigenvalue weighted by Crippen LogP contribution is -2.06. The van der Waals surface area contributed by atoms with Gasteiger partial charge in [-0.05, 0) is 66.4 Å². The number of fused-ring (bicyclic) bond motifs is 6. The van der Waals surface area contributed by atoms with E-state index in [4.69, 9.17) is 0 Å². The van der Waals surface area contributed by atoms with Crippen molar-refractivity contribution >= 4 is 43.1 Å². The lowest BCUT2D eigenvalue weighted by atomic mass is 9.80. The lowest BCUT2D eigenvalue weighted by molar-refractivity contribution is 0.770. The number of hydrogen-bond donors (Lipinski definition) is 0. The summed E-state index contributed by atoms with van der Waals surface area (Å²) < 4.78 is 0. The molecule has 1 aliphatic carbocycles. The fraction of sp³-hybridized carbons (Fsp3) is 0.0606. The average Bonchev–Trinajstić information content (AvgIpc) is 3.37. The van der Waals surface area contributed by atoms with Crippen molar-refractivity contribution in [2.75, 3.05) is 0 Å². The quantitative estimate of drug-likeness (QED) is 0.194. The van der Waals surface area contributed by atoms with Gasteiger partial charge in [0.05, 0.1) is 0 Å². The topological polar surface area (TPSA) is 0 Å². The molecule has 33 heavy (non-hydrogen) atoms. The Kier molecular flexibility index (Phi) is 4.03. The fourth-order valence-electron chi connectivity index (χ4n) is 5.75. The van der Waals surface area contributed by atoms with Crippen LogP contribution in [0.4, 0.5) is 0 Å². The maximum Gasteiger partial charge on any atom is 0.0210 e. The van der Waals surface area contributed by atoms with Gasteiger partial charge in [0.15, 0.2) is 0 Å². The molecule has 0 heteroatoms. The first kappa shape index (κ1) is 18.5. The standard InChI is InChI=1S/C33H22/c1-3-10-24-22(8-1)18-20-32-26(24)12-5-16-30(32)28-14-7-15-29(28)31-17-6-13-27-25-11-4-2-9-23(25)19-21-33(27)31/h1-6,8-21,28-29H. The van der Waals surface area contributed by atoms with Gasteiger partial charge in [0.25, 0.3) is 0 Å². The highest BCUT2D eigenvalue weighted by atomic mass is 14.3. The van der Waals surface area contributed by atoms with E-state index in [2.05, 4.69) is 127 Å². The van der Waals surface area contributed by atoms with Gasteiger partial charge in [-0.1, -0.05) is 109 Å². The molecule has 6 aromatic carbocycles. The van der Waals surface area contributed by atoms with Crippen LogP contribution in [0.2, 0.25) is 0 Å². The molecule has 6 aromatic rings. The van der Waals surface area contributed by atoms with Gasteiger partial charge in [-0.3, -0.25) is 0 Å². The van der Waals surface area contributed by atoms with E-state index >= 15 is 0 Å². The maximum atomic E-state index is 3.47. The Hall–Kier alpha value is -4.12. The number of benzene rings is 6. The van der Waals surface area contributed by atoms with Gasteiger partial charge in [0, 0.05) is 11.8 Å². The molecule has 154 valence electrons. The van der Waals surface area contributed by atoms with E-state index in [0.29, 0.717) is 0 Å². The van der Waals surface area contributed by atoms with Crippen LogP contribution in [0.15, 0.2) is 127 Å². The van der Waals surface area contributed by atoms with Crippen LogP contribution in [-0.2, 0) is 0 Å². The minimum absolute atomic E-state index is 0.270. The number of rotatable bonds is 2. The van der Waals surface area contributed by atoms with E-state index < -0.39 is 0 Å². The molecule has 0 N–H and O–H groups in total. The van der Waals surface area contributed by atoms with Crippen molar-refractivity contribution in [3.05, 3.63) is 138 Å². The first-order chi connectivity index (χ1) is 16.4. The van der Waals surface area contributed by atoms with Crippen LogP contribution in [0.3, 0.4) is 0 Å². The smallest absolute Gasteiger partial charge is 0.0210 e. The molecule has 0 nitrogen and oxygen atoms in total. The summed E-state index contributed by atoms with van der Waals surface area (Å²) in [5, 5.41) is 10.6. The molecular formula is C33H22. The zero-order valence-electron chi connectivity index (χ0n) is 18.2. The molecule has 2 atom stereocenters. The number of hydrogen-bond acceptors (Lipinski definition) is 0. The molecule has 0 heterocycles. The summed E-state index contributed by atoms with van der Waals surface area (Å²) in [6.07, 6.45) is 4.52. The van der Waals surface area contributed by atoms with Gasteiger partial charge in [-0.15, -0.1) is 5.73 Å². The Labute approximate surface area is 193 Å². The summed E-state index contributed by atoms with van der Waals surface area (Å²) in [6, 6.07) is 40.0. The molecule has 2 unspecified atom stereocenters. The summed E-state index contributed by atoms with van der Waals surface area (Å²) in [5.41, 5.74) is 6.23. The van der Waals surface area contributed by atoms with E-state index in [-0.39, 0.29) is 11.8 Å². The Bertz CT molecular complexity index is 1630. The molecule has 0 saturated carbocycles. The van der Waals surface area contributed by atoms with Gasteiger partial charge in [0.1, 0.15) is 0 Å². The van der Waals surface area contributed by atoms with Crippen molar-refractivity contribution in [1.29, 1.82) is 0 Å². The van der Waals surface area contributed by atoms with Crippen LogP contribution in [0.25, 0.3) is 43.1 Å². The lowest BCUT2D eigenvalue weighted by Gasteiger charge is -2.23. The second-order valence-electron chi connectivity index (χ2n) is 9.01. The van der Waals surface area contributed by atoms with Gasteiger partial charge in [0.2, 0.25) is 0 Å². The number of allylic oxidation sites excluding steroid dienone is 1.